The van der Waals surface area contributed by atoms with Crippen molar-refractivity contribution < 1.29 is 4.42 Å². The zero-order valence-electron chi connectivity index (χ0n) is 9.86. The van der Waals surface area contributed by atoms with Gasteiger partial charge < -0.3 is 9.73 Å². The van der Waals surface area contributed by atoms with Crippen LogP contribution in [-0.2, 0) is 6.54 Å². The van der Waals surface area contributed by atoms with Gasteiger partial charge in [0.25, 0.3) is 0 Å². The molecule has 0 unspecified atom stereocenters. The smallest absolute Gasteiger partial charge is 0.183 e. The van der Waals surface area contributed by atoms with Gasteiger partial charge >= 0.3 is 0 Å². The first-order chi connectivity index (χ1) is 9.24. The van der Waals surface area contributed by atoms with Gasteiger partial charge in [0, 0.05) is 11.6 Å². The molecule has 3 nitrogen and oxygen atoms in total. The molecule has 96 valence electrons. The highest BCUT2D eigenvalue weighted by atomic mass is 79.9. The SMILES string of the molecule is Brc1cc(CNc2cccc3cccnc23)oc1Br. The summed E-state index contributed by atoms with van der Waals surface area (Å²) < 4.78 is 7.16. The number of halogens is 2. The zero-order valence-corrected chi connectivity index (χ0v) is 13.0. The fraction of sp³-hybridized carbons (Fsp3) is 0.0714. The van der Waals surface area contributed by atoms with Crippen LogP contribution in [0.4, 0.5) is 5.69 Å². The van der Waals surface area contributed by atoms with Crippen LogP contribution in [0.1, 0.15) is 5.76 Å². The number of aromatic nitrogens is 1. The number of hydrogen-bond donors (Lipinski definition) is 1. The Morgan fingerprint density at radius 3 is 2.79 bits per heavy atom. The fourth-order valence-corrected chi connectivity index (χ4v) is 2.57. The normalized spacial score (nSPS) is 10.8. The molecule has 3 rings (SSSR count). The van der Waals surface area contributed by atoms with Crippen molar-refractivity contribution in [1.29, 1.82) is 0 Å². The molecule has 1 aromatic carbocycles. The van der Waals surface area contributed by atoms with E-state index in [1.807, 2.05) is 36.4 Å². The maximum absolute atomic E-state index is 5.53. The molecular weight excluding hydrogens is 372 g/mol. The quantitative estimate of drug-likeness (QED) is 0.696. The average Bonchev–Trinajstić information content (AvgIpc) is 2.75. The fourth-order valence-electron chi connectivity index (χ4n) is 1.91. The summed E-state index contributed by atoms with van der Waals surface area (Å²) in [5.41, 5.74) is 1.97. The van der Waals surface area contributed by atoms with E-state index in [9.17, 15) is 0 Å². The topological polar surface area (TPSA) is 38.1 Å². The van der Waals surface area contributed by atoms with E-state index in [1.54, 1.807) is 6.20 Å². The maximum atomic E-state index is 5.53. The van der Waals surface area contributed by atoms with E-state index >= 15 is 0 Å². The minimum Gasteiger partial charge on any atom is -0.451 e. The third-order valence-corrected chi connectivity index (χ3v) is 4.49. The molecule has 0 atom stereocenters. The highest BCUT2D eigenvalue weighted by molar-refractivity contribution is 9.13. The standard InChI is InChI=1S/C14H10Br2N2O/c15-11-7-10(19-14(11)16)8-18-12-5-1-3-9-4-2-6-17-13(9)12/h1-7,18H,8H2. The Morgan fingerprint density at radius 1 is 1.16 bits per heavy atom. The first-order valence-corrected chi connectivity index (χ1v) is 7.34. The van der Waals surface area contributed by atoms with E-state index in [1.165, 1.54) is 0 Å². The second kappa shape index (κ2) is 5.35. The highest BCUT2D eigenvalue weighted by Gasteiger charge is 2.07. The van der Waals surface area contributed by atoms with E-state index in [-0.39, 0.29) is 0 Å². The number of nitrogens with zero attached hydrogens (tertiary/aromatic N) is 1. The predicted octanol–water partition coefficient (Wildman–Crippen LogP) is 4.96. The highest BCUT2D eigenvalue weighted by Crippen LogP contribution is 2.28. The van der Waals surface area contributed by atoms with Crippen molar-refractivity contribution in [3.05, 3.63) is 57.5 Å². The second-order valence-electron chi connectivity index (χ2n) is 4.07. The average molecular weight is 382 g/mol. The summed E-state index contributed by atoms with van der Waals surface area (Å²) in [5, 5.41) is 4.47. The number of nitrogens with one attached hydrogen (secondary N) is 1. The molecule has 2 aromatic heterocycles. The molecule has 19 heavy (non-hydrogen) atoms. The summed E-state index contributed by atoms with van der Waals surface area (Å²) in [6.45, 7) is 0.611. The monoisotopic (exact) mass is 380 g/mol. The molecule has 0 amide bonds. The molecule has 2 heterocycles. The zero-order chi connectivity index (χ0) is 13.2. The molecule has 1 N–H and O–H groups in total. The maximum Gasteiger partial charge on any atom is 0.183 e. The number of benzene rings is 1. The van der Waals surface area contributed by atoms with E-state index in [0.717, 1.165) is 26.8 Å². The molecule has 0 aliphatic carbocycles. The minimum absolute atomic E-state index is 0.611. The van der Waals surface area contributed by atoms with Crippen molar-refractivity contribution in [3.63, 3.8) is 0 Å². The van der Waals surface area contributed by atoms with E-state index in [0.29, 0.717) is 11.2 Å². The molecule has 0 spiro atoms. The lowest BCUT2D eigenvalue weighted by Crippen LogP contribution is -1.99. The molecule has 0 radical (unpaired) electrons. The van der Waals surface area contributed by atoms with E-state index in [4.69, 9.17) is 4.42 Å². The summed E-state index contributed by atoms with van der Waals surface area (Å²) in [7, 11) is 0. The van der Waals surface area contributed by atoms with Crippen LogP contribution in [0.3, 0.4) is 0 Å². The molecule has 0 bridgehead atoms. The van der Waals surface area contributed by atoms with Gasteiger partial charge in [-0.05, 0) is 50.1 Å². The second-order valence-corrected chi connectivity index (χ2v) is 5.64. The van der Waals surface area contributed by atoms with Crippen LogP contribution in [0.2, 0.25) is 0 Å². The van der Waals surface area contributed by atoms with Crippen molar-refractivity contribution in [3.8, 4) is 0 Å². The summed E-state index contributed by atoms with van der Waals surface area (Å²) in [6, 6.07) is 12.0. The molecule has 0 saturated carbocycles. The van der Waals surface area contributed by atoms with Gasteiger partial charge in [-0.1, -0.05) is 18.2 Å². The van der Waals surface area contributed by atoms with Crippen LogP contribution in [0, 0.1) is 0 Å². The lowest BCUT2D eigenvalue weighted by atomic mass is 10.2. The van der Waals surface area contributed by atoms with E-state index in [2.05, 4.69) is 42.2 Å². The predicted molar refractivity (Wildman–Crippen MR) is 83.2 cm³/mol. The van der Waals surface area contributed by atoms with Crippen molar-refractivity contribution >= 4 is 48.5 Å². The number of fused-ring (bicyclic) bond motifs is 1. The van der Waals surface area contributed by atoms with Gasteiger partial charge in [-0.2, -0.15) is 0 Å². The number of hydrogen-bond acceptors (Lipinski definition) is 3. The Morgan fingerprint density at radius 2 is 2.00 bits per heavy atom. The van der Waals surface area contributed by atoms with Gasteiger partial charge in [-0.25, -0.2) is 0 Å². The van der Waals surface area contributed by atoms with Crippen LogP contribution < -0.4 is 5.32 Å². The molecular formula is C14H10Br2N2O. The lowest BCUT2D eigenvalue weighted by Gasteiger charge is -2.07. The van der Waals surface area contributed by atoms with Crippen LogP contribution in [0.5, 0.6) is 0 Å². The minimum atomic E-state index is 0.611. The first-order valence-electron chi connectivity index (χ1n) is 5.75. The Balaban J connectivity index is 1.85. The van der Waals surface area contributed by atoms with Crippen LogP contribution >= 0.6 is 31.9 Å². The Hall–Kier alpha value is -1.33. The molecule has 0 fully saturated rings. The van der Waals surface area contributed by atoms with Crippen LogP contribution in [0.25, 0.3) is 10.9 Å². The molecule has 3 aromatic rings. The molecule has 0 aliphatic rings. The summed E-state index contributed by atoms with van der Waals surface area (Å²) in [4.78, 5) is 4.40. The van der Waals surface area contributed by atoms with Crippen LogP contribution in [-0.4, -0.2) is 4.98 Å². The molecule has 5 heteroatoms. The van der Waals surface area contributed by atoms with Crippen molar-refractivity contribution in [2.24, 2.45) is 0 Å². The van der Waals surface area contributed by atoms with Gasteiger partial charge in [0.05, 0.1) is 22.2 Å². The third kappa shape index (κ3) is 2.67. The molecule has 0 aliphatic heterocycles. The third-order valence-electron chi connectivity index (χ3n) is 2.78. The van der Waals surface area contributed by atoms with E-state index < -0.39 is 0 Å². The number of pyridine rings is 1. The van der Waals surface area contributed by atoms with Crippen molar-refractivity contribution in [1.82, 2.24) is 4.98 Å². The summed E-state index contributed by atoms with van der Waals surface area (Å²) >= 11 is 6.73. The number of anilines is 1. The Labute approximate surface area is 127 Å². The van der Waals surface area contributed by atoms with Gasteiger partial charge in [0.2, 0.25) is 0 Å². The summed E-state index contributed by atoms with van der Waals surface area (Å²) in [5.74, 6) is 0.853. The number of para-hydroxylation sites is 1. The lowest BCUT2D eigenvalue weighted by molar-refractivity contribution is 0.494. The molecule has 0 saturated heterocycles. The first kappa shape index (κ1) is 12.7. The Bertz CT molecular complexity index is 700. The van der Waals surface area contributed by atoms with Crippen LogP contribution in [0.15, 0.2) is 56.2 Å². The number of furan rings is 1. The van der Waals surface area contributed by atoms with Crippen molar-refractivity contribution in [2.75, 3.05) is 5.32 Å². The largest absolute Gasteiger partial charge is 0.451 e. The number of rotatable bonds is 3. The van der Waals surface area contributed by atoms with Gasteiger partial charge in [-0.15, -0.1) is 0 Å². The van der Waals surface area contributed by atoms with Gasteiger partial charge in [0.1, 0.15) is 5.76 Å². The van der Waals surface area contributed by atoms with Gasteiger partial charge in [-0.3, -0.25) is 4.98 Å². The van der Waals surface area contributed by atoms with Gasteiger partial charge in [0.15, 0.2) is 4.67 Å². The van der Waals surface area contributed by atoms with Crippen molar-refractivity contribution in [2.45, 2.75) is 6.54 Å². The Kier molecular flexibility index (Phi) is 3.57. The summed E-state index contributed by atoms with van der Waals surface area (Å²) in [6.07, 6.45) is 1.80.